The fourth-order valence-electron chi connectivity index (χ4n) is 2.60. The van der Waals surface area contributed by atoms with E-state index >= 15 is 0 Å². The number of hydrogen-bond acceptors (Lipinski definition) is 4. The molecule has 8 heteroatoms. The maximum atomic E-state index is 13.4. The summed E-state index contributed by atoms with van der Waals surface area (Å²) in [4.78, 5) is 16.2. The van der Waals surface area contributed by atoms with Gasteiger partial charge in [-0.3, -0.25) is 9.78 Å². The van der Waals surface area contributed by atoms with Crippen molar-refractivity contribution in [2.24, 2.45) is 0 Å². The van der Waals surface area contributed by atoms with Gasteiger partial charge in [-0.1, -0.05) is 29.8 Å². The number of carbonyl (C=O) groups is 1. The van der Waals surface area contributed by atoms with E-state index in [-0.39, 0.29) is 23.3 Å². The number of halogens is 3. The predicted octanol–water partition coefficient (Wildman–Crippen LogP) is 5.19. The first-order valence-corrected chi connectivity index (χ1v) is 9.51. The Balaban J connectivity index is 1.45. The van der Waals surface area contributed by atoms with E-state index in [9.17, 15) is 9.18 Å². The first-order chi connectivity index (χ1) is 13.9. The van der Waals surface area contributed by atoms with Crippen molar-refractivity contribution in [2.45, 2.75) is 6.42 Å². The lowest BCUT2D eigenvalue weighted by Crippen LogP contribution is -2.30. The topological polar surface area (TPSA) is 63.2 Å². The number of benzene rings is 2. The van der Waals surface area contributed by atoms with Crippen LogP contribution in [0.4, 0.5) is 10.1 Å². The third-order valence-corrected chi connectivity index (χ3v) is 4.57. The van der Waals surface area contributed by atoms with Gasteiger partial charge in [0.1, 0.15) is 11.6 Å². The first-order valence-electron chi connectivity index (χ1n) is 8.76. The van der Waals surface area contributed by atoms with Crippen molar-refractivity contribution in [3.8, 4) is 5.75 Å². The molecule has 2 aromatic carbocycles. The zero-order valence-electron chi connectivity index (χ0n) is 15.3. The Labute approximate surface area is 177 Å². The average molecular weight is 434 g/mol. The SMILES string of the molecule is C=C(CCNC(=O)COc1ccc(Cl)c(F)c1)Nc1ccnc2cc(Cl)ccc12. The molecule has 0 aliphatic heterocycles. The van der Waals surface area contributed by atoms with Crippen molar-refractivity contribution in [3.63, 3.8) is 0 Å². The lowest BCUT2D eigenvalue weighted by molar-refractivity contribution is -0.123. The summed E-state index contributed by atoms with van der Waals surface area (Å²) in [5.41, 5.74) is 2.36. The lowest BCUT2D eigenvalue weighted by atomic mass is 10.2. The third kappa shape index (κ3) is 5.82. The van der Waals surface area contributed by atoms with Gasteiger partial charge in [0.15, 0.2) is 6.61 Å². The molecule has 150 valence electrons. The maximum Gasteiger partial charge on any atom is 0.257 e. The van der Waals surface area contributed by atoms with Crippen LogP contribution in [0.2, 0.25) is 10.0 Å². The number of hydrogen-bond donors (Lipinski definition) is 2. The quantitative estimate of drug-likeness (QED) is 0.512. The van der Waals surface area contributed by atoms with Crippen molar-refractivity contribution < 1.29 is 13.9 Å². The van der Waals surface area contributed by atoms with E-state index in [1.807, 2.05) is 12.1 Å². The van der Waals surface area contributed by atoms with Crippen LogP contribution in [-0.4, -0.2) is 24.0 Å². The molecule has 0 unspecified atom stereocenters. The molecule has 1 heterocycles. The number of anilines is 1. The summed E-state index contributed by atoms with van der Waals surface area (Å²) >= 11 is 11.6. The second-order valence-electron chi connectivity index (χ2n) is 6.21. The Bertz CT molecular complexity index is 1060. The van der Waals surface area contributed by atoms with Crippen molar-refractivity contribution in [1.29, 1.82) is 0 Å². The van der Waals surface area contributed by atoms with Crippen molar-refractivity contribution in [2.75, 3.05) is 18.5 Å². The summed E-state index contributed by atoms with van der Waals surface area (Å²) in [6.45, 7) is 4.14. The number of pyridine rings is 1. The Hall–Kier alpha value is -2.83. The smallest absolute Gasteiger partial charge is 0.257 e. The van der Waals surface area contributed by atoms with Crippen molar-refractivity contribution in [1.82, 2.24) is 10.3 Å². The highest BCUT2D eigenvalue weighted by atomic mass is 35.5. The number of carbonyl (C=O) groups excluding carboxylic acids is 1. The standard InChI is InChI=1S/C21H18Cl2FN3O2/c1-13(27-19-7-9-25-20-10-14(22)2-4-16(19)20)6-8-26-21(28)12-29-15-3-5-17(23)18(24)11-15/h2-5,7,9-11H,1,6,8,12H2,(H,25,27)(H,26,28). The summed E-state index contributed by atoms with van der Waals surface area (Å²) in [5.74, 6) is -0.687. The second kappa shape index (κ2) is 9.58. The number of nitrogens with zero attached hydrogens (tertiary/aromatic N) is 1. The first kappa shape index (κ1) is 20.9. The van der Waals surface area contributed by atoms with Crippen LogP contribution in [0.15, 0.2) is 60.9 Å². The number of amides is 1. The highest BCUT2D eigenvalue weighted by molar-refractivity contribution is 6.31. The molecular formula is C21H18Cl2FN3O2. The molecule has 5 nitrogen and oxygen atoms in total. The van der Waals surface area contributed by atoms with E-state index < -0.39 is 5.82 Å². The molecule has 1 amide bonds. The summed E-state index contributed by atoms with van der Waals surface area (Å²) in [5, 5.41) is 7.50. The molecule has 0 saturated heterocycles. The number of nitrogens with one attached hydrogen (secondary N) is 2. The van der Waals surface area contributed by atoms with Gasteiger partial charge in [0.2, 0.25) is 0 Å². The lowest BCUT2D eigenvalue weighted by Gasteiger charge is -2.13. The van der Waals surface area contributed by atoms with Crippen LogP contribution < -0.4 is 15.4 Å². The fraction of sp³-hybridized carbons (Fsp3) is 0.143. The number of rotatable bonds is 8. The van der Waals surface area contributed by atoms with E-state index in [1.165, 1.54) is 12.1 Å². The number of fused-ring (bicyclic) bond motifs is 1. The van der Waals surface area contributed by atoms with Gasteiger partial charge in [-0.2, -0.15) is 0 Å². The monoisotopic (exact) mass is 433 g/mol. The van der Waals surface area contributed by atoms with E-state index in [0.717, 1.165) is 28.4 Å². The highest BCUT2D eigenvalue weighted by Gasteiger charge is 2.07. The van der Waals surface area contributed by atoms with Crippen LogP contribution in [0.5, 0.6) is 5.75 Å². The van der Waals surface area contributed by atoms with Gasteiger partial charge in [-0.25, -0.2) is 4.39 Å². The normalized spacial score (nSPS) is 10.6. The molecule has 0 bridgehead atoms. The van der Waals surface area contributed by atoms with E-state index in [4.69, 9.17) is 27.9 Å². The maximum absolute atomic E-state index is 13.4. The zero-order chi connectivity index (χ0) is 20.8. The molecular weight excluding hydrogens is 416 g/mol. The predicted molar refractivity (Wildman–Crippen MR) is 114 cm³/mol. The molecule has 0 atom stereocenters. The van der Waals surface area contributed by atoms with Gasteiger partial charge in [0, 0.05) is 47.0 Å². The molecule has 0 fully saturated rings. The van der Waals surface area contributed by atoms with Crippen LogP contribution in [0.1, 0.15) is 6.42 Å². The minimum atomic E-state index is -0.599. The zero-order valence-corrected chi connectivity index (χ0v) is 16.9. The largest absolute Gasteiger partial charge is 0.484 e. The van der Waals surface area contributed by atoms with Crippen LogP contribution in [0, 0.1) is 5.82 Å². The molecule has 0 radical (unpaired) electrons. The molecule has 0 aliphatic rings. The molecule has 0 spiro atoms. The van der Waals surface area contributed by atoms with Crippen LogP contribution in [0.3, 0.4) is 0 Å². The molecule has 2 N–H and O–H groups in total. The molecule has 0 aliphatic carbocycles. The van der Waals surface area contributed by atoms with Gasteiger partial charge in [0.25, 0.3) is 5.91 Å². The number of aromatic nitrogens is 1. The van der Waals surface area contributed by atoms with Crippen molar-refractivity contribution >= 4 is 45.7 Å². The van der Waals surface area contributed by atoms with E-state index in [0.29, 0.717) is 18.0 Å². The van der Waals surface area contributed by atoms with Gasteiger partial charge < -0.3 is 15.4 Å². The highest BCUT2D eigenvalue weighted by Crippen LogP contribution is 2.25. The minimum Gasteiger partial charge on any atom is -0.484 e. The van der Waals surface area contributed by atoms with Gasteiger partial charge >= 0.3 is 0 Å². The summed E-state index contributed by atoms with van der Waals surface area (Å²) < 4.78 is 18.6. The van der Waals surface area contributed by atoms with E-state index in [2.05, 4.69) is 22.2 Å². The Morgan fingerprint density at radius 1 is 1.17 bits per heavy atom. The van der Waals surface area contributed by atoms with Gasteiger partial charge in [-0.15, -0.1) is 0 Å². The Kier molecular flexibility index (Phi) is 6.90. The van der Waals surface area contributed by atoms with Crippen LogP contribution in [-0.2, 0) is 4.79 Å². The second-order valence-corrected chi connectivity index (χ2v) is 7.06. The van der Waals surface area contributed by atoms with Crippen molar-refractivity contribution in [3.05, 3.63) is 76.8 Å². The van der Waals surface area contributed by atoms with Gasteiger partial charge in [0.05, 0.1) is 10.5 Å². The average Bonchev–Trinajstić information content (AvgIpc) is 2.69. The Morgan fingerprint density at radius 2 is 2.00 bits per heavy atom. The Morgan fingerprint density at radius 3 is 2.79 bits per heavy atom. The van der Waals surface area contributed by atoms with E-state index in [1.54, 1.807) is 18.3 Å². The summed E-state index contributed by atoms with van der Waals surface area (Å²) in [6, 6.07) is 11.3. The minimum absolute atomic E-state index is 0.00196. The van der Waals surface area contributed by atoms with Gasteiger partial charge in [-0.05, 0) is 36.4 Å². The molecule has 0 saturated carbocycles. The summed E-state index contributed by atoms with van der Waals surface area (Å²) in [6.07, 6.45) is 2.20. The molecule has 29 heavy (non-hydrogen) atoms. The molecule has 3 aromatic rings. The van der Waals surface area contributed by atoms with Crippen LogP contribution >= 0.6 is 23.2 Å². The fourth-order valence-corrected chi connectivity index (χ4v) is 2.89. The molecule has 3 rings (SSSR count). The molecule has 1 aromatic heterocycles. The van der Waals surface area contributed by atoms with Crippen LogP contribution in [0.25, 0.3) is 10.9 Å². The summed E-state index contributed by atoms with van der Waals surface area (Å²) in [7, 11) is 0. The number of ether oxygens (including phenoxy) is 1. The third-order valence-electron chi connectivity index (χ3n) is 4.03.